The number of hydrogen-bond acceptors (Lipinski definition) is 2. The van der Waals surface area contributed by atoms with Gasteiger partial charge in [-0.05, 0) is 67.0 Å². The van der Waals surface area contributed by atoms with E-state index in [9.17, 15) is 8.42 Å². The van der Waals surface area contributed by atoms with E-state index < -0.39 is 10.0 Å². The molecule has 0 unspecified atom stereocenters. The Balaban J connectivity index is 1.98. The topological polar surface area (TPSA) is 46.2 Å². The molecule has 2 aromatic rings. The summed E-state index contributed by atoms with van der Waals surface area (Å²) in [5.41, 5.74) is 5.13. The van der Waals surface area contributed by atoms with Crippen molar-refractivity contribution in [2.75, 3.05) is 4.72 Å². The molecule has 0 aliphatic heterocycles. The van der Waals surface area contributed by atoms with E-state index >= 15 is 0 Å². The standard InChI is InChI=1S/C18H21NO2S/c1-3-14-7-4-6-13(2)18(14)19-22(20,21)17-11-10-15-8-5-9-16(15)12-17/h4,6-7,10-12,19H,3,5,8-9H2,1-2H3. The van der Waals surface area contributed by atoms with Crippen molar-refractivity contribution in [2.45, 2.75) is 44.4 Å². The molecule has 1 N–H and O–H groups in total. The lowest BCUT2D eigenvalue weighted by Gasteiger charge is -2.15. The van der Waals surface area contributed by atoms with Crippen LogP contribution in [0.2, 0.25) is 0 Å². The van der Waals surface area contributed by atoms with E-state index in [0.717, 1.165) is 36.8 Å². The van der Waals surface area contributed by atoms with Gasteiger partial charge in [0.15, 0.2) is 0 Å². The van der Waals surface area contributed by atoms with Crippen LogP contribution >= 0.6 is 0 Å². The zero-order valence-electron chi connectivity index (χ0n) is 13.0. The minimum absolute atomic E-state index is 0.360. The molecule has 3 rings (SSSR count). The predicted octanol–water partition coefficient (Wildman–Crippen LogP) is 3.85. The second-order valence-electron chi connectivity index (χ2n) is 5.85. The molecule has 0 saturated carbocycles. The highest BCUT2D eigenvalue weighted by Crippen LogP contribution is 2.28. The van der Waals surface area contributed by atoms with Crippen LogP contribution in [0.1, 0.15) is 35.6 Å². The molecular weight excluding hydrogens is 294 g/mol. The summed E-state index contributed by atoms with van der Waals surface area (Å²) in [4.78, 5) is 0.360. The van der Waals surface area contributed by atoms with Crippen molar-refractivity contribution in [2.24, 2.45) is 0 Å². The molecule has 0 bridgehead atoms. The van der Waals surface area contributed by atoms with Crippen LogP contribution in [0.15, 0.2) is 41.3 Å². The Morgan fingerprint density at radius 1 is 1.09 bits per heavy atom. The molecule has 0 amide bonds. The van der Waals surface area contributed by atoms with Crippen molar-refractivity contribution in [3.8, 4) is 0 Å². The van der Waals surface area contributed by atoms with E-state index in [4.69, 9.17) is 0 Å². The molecular formula is C18H21NO2S. The van der Waals surface area contributed by atoms with Crippen molar-refractivity contribution >= 4 is 15.7 Å². The average molecular weight is 315 g/mol. The fourth-order valence-corrected chi connectivity index (χ4v) is 4.30. The van der Waals surface area contributed by atoms with Crippen LogP contribution in [0.3, 0.4) is 0 Å². The van der Waals surface area contributed by atoms with Crippen LogP contribution in [0.5, 0.6) is 0 Å². The molecule has 0 heterocycles. The van der Waals surface area contributed by atoms with Gasteiger partial charge in [-0.1, -0.05) is 31.2 Å². The number of nitrogens with one attached hydrogen (secondary N) is 1. The number of aryl methyl sites for hydroxylation is 4. The summed E-state index contributed by atoms with van der Waals surface area (Å²) >= 11 is 0. The molecule has 0 radical (unpaired) electrons. The normalized spacial score (nSPS) is 13.9. The van der Waals surface area contributed by atoms with E-state index in [0.29, 0.717) is 10.6 Å². The molecule has 4 heteroatoms. The smallest absolute Gasteiger partial charge is 0.261 e. The monoisotopic (exact) mass is 315 g/mol. The first-order chi connectivity index (χ1) is 10.5. The van der Waals surface area contributed by atoms with Crippen molar-refractivity contribution in [1.82, 2.24) is 0 Å². The average Bonchev–Trinajstić information content (AvgIpc) is 2.96. The van der Waals surface area contributed by atoms with E-state index in [-0.39, 0.29) is 0 Å². The molecule has 0 atom stereocenters. The van der Waals surface area contributed by atoms with Crippen LogP contribution < -0.4 is 4.72 Å². The highest BCUT2D eigenvalue weighted by molar-refractivity contribution is 7.92. The molecule has 0 spiro atoms. The molecule has 3 nitrogen and oxygen atoms in total. The van der Waals surface area contributed by atoms with Gasteiger partial charge in [0.2, 0.25) is 0 Å². The maximum Gasteiger partial charge on any atom is 0.261 e. The number of para-hydroxylation sites is 1. The summed E-state index contributed by atoms with van der Waals surface area (Å²) in [7, 11) is -3.54. The summed E-state index contributed by atoms with van der Waals surface area (Å²) < 4.78 is 28.2. The quantitative estimate of drug-likeness (QED) is 0.931. The van der Waals surface area contributed by atoms with Gasteiger partial charge in [-0.25, -0.2) is 8.42 Å². The molecule has 0 saturated heterocycles. The van der Waals surface area contributed by atoms with E-state index in [1.54, 1.807) is 6.07 Å². The number of benzene rings is 2. The van der Waals surface area contributed by atoms with Gasteiger partial charge >= 0.3 is 0 Å². The summed E-state index contributed by atoms with van der Waals surface area (Å²) in [6.07, 6.45) is 3.94. The van der Waals surface area contributed by atoms with Gasteiger partial charge < -0.3 is 0 Å². The first-order valence-electron chi connectivity index (χ1n) is 7.74. The van der Waals surface area contributed by atoms with Gasteiger partial charge in [-0.15, -0.1) is 0 Å². The predicted molar refractivity (Wildman–Crippen MR) is 89.8 cm³/mol. The van der Waals surface area contributed by atoms with Crippen molar-refractivity contribution in [3.63, 3.8) is 0 Å². The molecule has 0 aromatic heterocycles. The second kappa shape index (κ2) is 5.76. The van der Waals surface area contributed by atoms with Gasteiger partial charge in [0, 0.05) is 0 Å². The molecule has 116 valence electrons. The third kappa shape index (κ3) is 2.75. The summed E-state index contributed by atoms with van der Waals surface area (Å²) in [6.45, 7) is 3.96. The van der Waals surface area contributed by atoms with Gasteiger partial charge in [0.05, 0.1) is 10.6 Å². The first-order valence-corrected chi connectivity index (χ1v) is 9.22. The Morgan fingerprint density at radius 2 is 1.86 bits per heavy atom. The van der Waals surface area contributed by atoms with Crippen LogP contribution in [0.4, 0.5) is 5.69 Å². The number of rotatable bonds is 4. The fourth-order valence-electron chi connectivity index (χ4n) is 3.08. The lowest BCUT2D eigenvalue weighted by Crippen LogP contribution is -2.15. The molecule has 22 heavy (non-hydrogen) atoms. The Bertz CT molecular complexity index is 810. The van der Waals surface area contributed by atoms with Crippen molar-refractivity contribution in [3.05, 3.63) is 58.7 Å². The summed E-state index contributed by atoms with van der Waals surface area (Å²) in [5.74, 6) is 0. The number of fused-ring (bicyclic) bond motifs is 1. The first kappa shape index (κ1) is 15.1. The molecule has 1 aliphatic rings. The Morgan fingerprint density at radius 3 is 2.64 bits per heavy atom. The zero-order chi connectivity index (χ0) is 15.7. The molecule has 1 aliphatic carbocycles. The maximum absolute atomic E-state index is 12.7. The van der Waals surface area contributed by atoms with Crippen molar-refractivity contribution < 1.29 is 8.42 Å². The maximum atomic E-state index is 12.7. The third-order valence-electron chi connectivity index (χ3n) is 4.36. The van der Waals surface area contributed by atoms with Crippen LogP contribution in [0, 0.1) is 6.92 Å². The number of hydrogen-bond donors (Lipinski definition) is 1. The summed E-state index contributed by atoms with van der Waals surface area (Å²) in [5, 5.41) is 0. The van der Waals surface area contributed by atoms with Crippen LogP contribution in [-0.2, 0) is 29.3 Å². The lowest BCUT2D eigenvalue weighted by molar-refractivity contribution is 0.601. The largest absolute Gasteiger partial charge is 0.279 e. The minimum atomic E-state index is -3.54. The zero-order valence-corrected chi connectivity index (χ0v) is 13.8. The Hall–Kier alpha value is -1.81. The van der Waals surface area contributed by atoms with Crippen LogP contribution in [-0.4, -0.2) is 8.42 Å². The summed E-state index contributed by atoms with van der Waals surface area (Å²) in [6, 6.07) is 11.4. The Labute approximate surface area is 132 Å². The van der Waals surface area contributed by atoms with E-state index in [1.807, 2.05) is 44.2 Å². The minimum Gasteiger partial charge on any atom is -0.279 e. The van der Waals surface area contributed by atoms with Gasteiger partial charge in [0.25, 0.3) is 10.0 Å². The highest BCUT2D eigenvalue weighted by Gasteiger charge is 2.20. The van der Waals surface area contributed by atoms with E-state index in [2.05, 4.69) is 4.72 Å². The van der Waals surface area contributed by atoms with Gasteiger partial charge in [-0.2, -0.15) is 0 Å². The van der Waals surface area contributed by atoms with Gasteiger partial charge in [0.1, 0.15) is 0 Å². The number of sulfonamides is 1. The Kier molecular flexibility index (Phi) is 3.96. The highest BCUT2D eigenvalue weighted by atomic mass is 32.2. The van der Waals surface area contributed by atoms with Crippen molar-refractivity contribution in [1.29, 1.82) is 0 Å². The SMILES string of the molecule is CCc1cccc(C)c1NS(=O)(=O)c1ccc2c(c1)CCC2. The molecule has 2 aromatic carbocycles. The van der Waals surface area contributed by atoms with Crippen LogP contribution in [0.25, 0.3) is 0 Å². The van der Waals surface area contributed by atoms with E-state index in [1.165, 1.54) is 11.1 Å². The molecule has 0 fully saturated rings. The van der Waals surface area contributed by atoms with Gasteiger partial charge in [-0.3, -0.25) is 4.72 Å². The second-order valence-corrected chi connectivity index (χ2v) is 7.53. The fraction of sp³-hybridized carbons (Fsp3) is 0.333. The third-order valence-corrected chi connectivity index (χ3v) is 5.70. The lowest BCUT2D eigenvalue weighted by atomic mass is 10.1. The number of anilines is 1.